The minimum absolute atomic E-state index is 0.112. The number of ether oxygens (including phenoxy) is 4. The average molecular weight is 1020 g/mol. The molecule has 0 aromatic carbocycles. The molecule has 3 aliphatic rings. The molecule has 2 bridgehead atoms. The Labute approximate surface area is 420 Å². The van der Waals surface area contributed by atoms with Gasteiger partial charge in [0.05, 0.1) is 79.6 Å². The highest BCUT2D eigenvalue weighted by molar-refractivity contribution is 5.80. The van der Waals surface area contributed by atoms with Crippen molar-refractivity contribution in [2.24, 2.45) is 23.5 Å². The SMILES string of the molecule is C[C@@H]1[C@H](O)[C@@H](C)/C=C/C=C/C=C/C=C/C=C/C=C/C=C/[C@H](O[C@@H]2O[C@H](O)[C@@H](O)[C@H](N)[C@@H]2O)C[C@@H]2O[C@](O)(C[C@@H](O)C[C@@H](O)[C@H](O)CC[C@@H](O)C[C@@H](O)CC(=O)O[C@H]1C)C[C@H](O)[C@H]2C(=O)NCCc1cnc[nH]1. The fraction of sp³-hybridized carbons (Fsp3) is 0.627. The molecule has 404 valence electrons. The fourth-order valence-electron chi connectivity index (χ4n) is 8.65. The number of nitrogens with zero attached hydrogens (tertiary/aromatic N) is 1. The zero-order valence-electron chi connectivity index (χ0n) is 41.1. The van der Waals surface area contributed by atoms with Gasteiger partial charge in [-0.2, -0.15) is 0 Å². The number of carbonyl (C=O) groups excluding carboxylic acids is 2. The third kappa shape index (κ3) is 19.9. The van der Waals surface area contributed by atoms with E-state index in [1.807, 2.05) is 19.1 Å². The molecule has 19 atom stereocenters. The Morgan fingerprint density at radius 3 is 2.01 bits per heavy atom. The number of aromatic amines is 1. The van der Waals surface area contributed by atoms with Gasteiger partial charge in [-0.15, -0.1) is 0 Å². The van der Waals surface area contributed by atoms with Crippen LogP contribution in [0.5, 0.6) is 0 Å². The van der Waals surface area contributed by atoms with E-state index in [2.05, 4.69) is 15.3 Å². The summed E-state index contributed by atoms with van der Waals surface area (Å²) in [7, 11) is 0. The normalized spacial score (nSPS) is 42.2. The van der Waals surface area contributed by atoms with Gasteiger partial charge in [-0.3, -0.25) is 9.59 Å². The third-order valence-corrected chi connectivity index (χ3v) is 13.0. The first kappa shape index (κ1) is 60.3. The first-order valence-electron chi connectivity index (χ1n) is 24.6. The van der Waals surface area contributed by atoms with Crippen LogP contribution in [-0.4, -0.2) is 182 Å². The molecule has 1 amide bonds. The lowest BCUT2D eigenvalue weighted by Crippen LogP contribution is -2.62. The van der Waals surface area contributed by atoms with Crippen LogP contribution in [0.3, 0.4) is 0 Å². The highest BCUT2D eigenvalue weighted by atomic mass is 16.7. The number of aliphatic hydroxyl groups is 11. The van der Waals surface area contributed by atoms with Gasteiger partial charge in [-0.1, -0.05) is 98.9 Å². The topological polar surface area (TPSA) is 360 Å². The van der Waals surface area contributed by atoms with E-state index >= 15 is 0 Å². The zero-order valence-corrected chi connectivity index (χ0v) is 41.1. The summed E-state index contributed by atoms with van der Waals surface area (Å²) in [6, 6.07) is -1.39. The molecule has 15 N–H and O–H groups in total. The molecule has 0 unspecified atom stereocenters. The van der Waals surface area contributed by atoms with Crippen LogP contribution in [0.25, 0.3) is 0 Å². The standard InChI is InChI=1S/C51H78N4O17/c1-30-16-14-12-10-8-6-4-5-7-9-11-13-15-17-37(70-50-47(65)44(52)46(64)49(67)71-50)25-41-43(48(66)54-21-20-33-28-53-29-55-33)40(61)27-51(68,72-41)26-36(58)23-39(60)38(59)19-18-34(56)22-35(57)24-42(62)69-32(3)31(2)45(30)63/h4-17,28-32,34-41,43-47,49-50,56-61,63-65,67-68H,18-27,52H2,1-3H3,(H,53,55)(H,54,66)/b5-4+,8-6+,9-7+,12-10+,13-11+,16-14+,17-15+/t30-,31-,32-,34+,35+,36-,37-,38+,39+,40-,41-,43+,44-,45+,46-,47-,49-,50+,51+/m0/s1. The minimum atomic E-state index is -2.32. The molecule has 4 rings (SSSR count). The molecule has 21 nitrogen and oxygen atoms in total. The molecule has 4 heterocycles. The quantitative estimate of drug-likeness (QED) is 0.162. The van der Waals surface area contributed by atoms with Crippen molar-refractivity contribution < 1.29 is 84.7 Å². The maximum atomic E-state index is 13.9. The summed E-state index contributed by atoms with van der Waals surface area (Å²) in [6.45, 7) is 5.33. The van der Waals surface area contributed by atoms with Gasteiger partial charge in [0.25, 0.3) is 0 Å². The summed E-state index contributed by atoms with van der Waals surface area (Å²) in [6.07, 6.45) is 5.19. The largest absolute Gasteiger partial charge is 0.462 e. The number of fused-ring (bicyclic) bond motifs is 2. The van der Waals surface area contributed by atoms with Crippen molar-refractivity contribution in [3.8, 4) is 0 Å². The molecule has 72 heavy (non-hydrogen) atoms. The van der Waals surface area contributed by atoms with E-state index in [9.17, 15) is 65.8 Å². The van der Waals surface area contributed by atoms with Crippen molar-refractivity contribution in [3.05, 3.63) is 103 Å². The molecular formula is C51H78N4O17. The van der Waals surface area contributed by atoms with Crippen molar-refractivity contribution in [2.45, 2.75) is 176 Å². The zero-order chi connectivity index (χ0) is 53.0. The summed E-state index contributed by atoms with van der Waals surface area (Å²) >= 11 is 0. The monoisotopic (exact) mass is 1020 g/mol. The van der Waals surface area contributed by atoms with Gasteiger partial charge in [0.15, 0.2) is 18.4 Å². The number of cyclic esters (lactones) is 1. The molecule has 1 aromatic rings. The van der Waals surface area contributed by atoms with Crippen molar-refractivity contribution in [2.75, 3.05) is 6.54 Å². The number of amides is 1. The average Bonchev–Trinajstić information content (AvgIpc) is 3.84. The Hall–Kier alpha value is -4.27. The number of esters is 1. The van der Waals surface area contributed by atoms with E-state index in [0.717, 1.165) is 5.69 Å². The van der Waals surface area contributed by atoms with E-state index in [1.54, 1.807) is 86.9 Å². The summed E-state index contributed by atoms with van der Waals surface area (Å²) in [5, 5.41) is 123. The molecule has 0 spiro atoms. The Bertz CT molecular complexity index is 1980. The number of imidazole rings is 1. The minimum Gasteiger partial charge on any atom is -0.462 e. The summed E-state index contributed by atoms with van der Waals surface area (Å²) < 4.78 is 23.1. The van der Waals surface area contributed by atoms with Gasteiger partial charge >= 0.3 is 5.97 Å². The van der Waals surface area contributed by atoms with Crippen LogP contribution in [-0.2, 0) is 35.0 Å². The Balaban J connectivity index is 1.60. The second-order valence-corrected chi connectivity index (χ2v) is 19.0. The molecular weight excluding hydrogens is 941 g/mol. The number of carbonyl (C=O) groups is 2. The van der Waals surface area contributed by atoms with Gasteiger partial charge < -0.3 is 91.2 Å². The second kappa shape index (κ2) is 30.2. The van der Waals surface area contributed by atoms with E-state index in [4.69, 9.17) is 24.7 Å². The van der Waals surface area contributed by atoms with Gasteiger partial charge in [0.1, 0.15) is 18.3 Å². The lowest BCUT2D eigenvalue weighted by Gasteiger charge is -2.46. The summed E-state index contributed by atoms with van der Waals surface area (Å²) in [5.74, 6) is -5.81. The van der Waals surface area contributed by atoms with Crippen molar-refractivity contribution in [1.29, 1.82) is 0 Å². The first-order chi connectivity index (χ1) is 34.2. The van der Waals surface area contributed by atoms with E-state index < -0.39 is 147 Å². The molecule has 0 saturated carbocycles. The van der Waals surface area contributed by atoms with E-state index in [1.165, 1.54) is 12.4 Å². The summed E-state index contributed by atoms with van der Waals surface area (Å²) in [5.41, 5.74) is 6.68. The number of aromatic nitrogens is 2. The molecule has 0 aliphatic carbocycles. The molecule has 3 aliphatic heterocycles. The number of rotatable bonds is 6. The van der Waals surface area contributed by atoms with Gasteiger partial charge in [-0.05, 0) is 26.2 Å². The van der Waals surface area contributed by atoms with Gasteiger partial charge in [0.2, 0.25) is 5.91 Å². The molecule has 2 fully saturated rings. The van der Waals surface area contributed by atoms with Gasteiger partial charge in [-0.25, -0.2) is 4.98 Å². The Morgan fingerprint density at radius 2 is 1.39 bits per heavy atom. The van der Waals surface area contributed by atoms with Crippen molar-refractivity contribution >= 4 is 11.9 Å². The van der Waals surface area contributed by atoms with Crippen LogP contribution in [0, 0.1) is 17.8 Å². The molecule has 0 radical (unpaired) electrons. The number of nitrogens with two attached hydrogens (primary N) is 1. The molecule has 21 heteroatoms. The first-order valence-corrected chi connectivity index (χ1v) is 24.6. The van der Waals surface area contributed by atoms with Crippen LogP contribution in [0.4, 0.5) is 0 Å². The fourth-order valence-corrected chi connectivity index (χ4v) is 8.65. The molecule has 2 saturated heterocycles. The van der Waals surface area contributed by atoms with Gasteiger partial charge in [0, 0.05) is 62.4 Å². The number of aliphatic hydroxyl groups excluding tert-OH is 10. The number of nitrogens with one attached hydrogen (secondary N) is 2. The van der Waals surface area contributed by atoms with Crippen molar-refractivity contribution in [1.82, 2.24) is 15.3 Å². The van der Waals surface area contributed by atoms with Crippen molar-refractivity contribution in [3.63, 3.8) is 0 Å². The highest BCUT2D eigenvalue weighted by Gasteiger charge is 2.51. The predicted molar refractivity (Wildman–Crippen MR) is 261 cm³/mol. The smallest absolute Gasteiger partial charge is 0.308 e. The Kier molecular flexibility index (Phi) is 25.3. The second-order valence-electron chi connectivity index (χ2n) is 19.0. The van der Waals surface area contributed by atoms with Crippen LogP contribution < -0.4 is 11.1 Å². The lowest BCUT2D eigenvalue weighted by molar-refractivity contribution is -0.331. The third-order valence-electron chi connectivity index (χ3n) is 13.0. The number of allylic oxidation sites excluding steroid dienone is 12. The van der Waals surface area contributed by atoms with E-state index in [-0.39, 0.29) is 38.1 Å². The number of hydrogen-bond donors (Lipinski definition) is 14. The van der Waals surface area contributed by atoms with E-state index in [0.29, 0.717) is 6.42 Å². The van der Waals surface area contributed by atoms with Crippen LogP contribution in [0.2, 0.25) is 0 Å². The lowest BCUT2D eigenvalue weighted by atomic mass is 9.82. The maximum absolute atomic E-state index is 13.9. The van der Waals surface area contributed by atoms with Crippen LogP contribution in [0.1, 0.15) is 77.8 Å². The highest BCUT2D eigenvalue weighted by Crippen LogP contribution is 2.38. The maximum Gasteiger partial charge on any atom is 0.308 e. The van der Waals surface area contributed by atoms with Crippen LogP contribution >= 0.6 is 0 Å². The predicted octanol–water partition coefficient (Wildman–Crippen LogP) is -0.361. The number of hydrogen-bond acceptors (Lipinski definition) is 19. The summed E-state index contributed by atoms with van der Waals surface area (Å²) in [4.78, 5) is 33.5. The Morgan fingerprint density at radius 1 is 0.764 bits per heavy atom. The number of H-pyrrole nitrogens is 1. The molecule has 1 aromatic heterocycles. The van der Waals surface area contributed by atoms with Crippen LogP contribution in [0.15, 0.2) is 97.6 Å².